The molecule has 0 aromatic carbocycles. The molecule has 16 heavy (non-hydrogen) atoms. The van der Waals surface area contributed by atoms with Gasteiger partial charge in [-0.15, -0.1) is 0 Å². The van der Waals surface area contributed by atoms with Gasteiger partial charge in [0.25, 0.3) is 0 Å². The molecule has 0 fully saturated rings. The van der Waals surface area contributed by atoms with Gasteiger partial charge in [-0.05, 0) is 27.7 Å². The molecule has 1 aliphatic rings. The molecule has 82 valence electrons. The maximum absolute atomic E-state index is 8.84. The van der Waals surface area contributed by atoms with E-state index in [1.807, 2.05) is 52.0 Å². The molecule has 1 heterocycles. The van der Waals surface area contributed by atoms with Gasteiger partial charge in [0.2, 0.25) is 0 Å². The quantitative estimate of drug-likeness (QED) is 0.630. The highest BCUT2D eigenvalue weighted by Crippen LogP contribution is 2.39. The lowest BCUT2D eigenvalue weighted by atomic mass is 9.95. The van der Waals surface area contributed by atoms with Crippen LogP contribution in [0.3, 0.4) is 0 Å². The Balaban J connectivity index is 3.42. The molecule has 0 amide bonds. The third-order valence-electron chi connectivity index (χ3n) is 2.53. The first-order valence-electron chi connectivity index (χ1n) is 5.05. The van der Waals surface area contributed by atoms with E-state index in [4.69, 9.17) is 15.3 Å². The van der Waals surface area contributed by atoms with Crippen LogP contribution in [0, 0.1) is 22.7 Å². The Morgan fingerprint density at radius 2 is 1.88 bits per heavy atom. The van der Waals surface area contributed by atoms with Gasteiger partial charge in [-0.3, -0.25) is 0 Å². The van der Waals surface area contributed by atoms with Gasteiger partial charge < -0.3 is 4.74 Å². The zero-order valence-corrected chi connectivity index (χ0v) is 9.96. The molecule has 0 aromatic heterocycles. The molecule has 0 saturated carbocycles. The molecular weight excluding hydrogens is 200 g/mol. The van der Waals surface area contributed by atoms with Crippen LogP contribution >= 0.6 is 0 Å². The molecule has 0 spiro atoms. The van der Waals surface area contributed by atoms with E-state index in [0.29, 0.717) is 5.76 Å². The predicted molar refractivity (Wildman–Crippen MR) is 60.9 cm³/mol. The van der Waals surface area contributed by atoms with E-state index in [1.165, 1.54) is 0 Å². The molecule has 0 atom stereocenters. The highest BCUT2D eigenvalue weighted by Gasteiger charge is 2.35. The lowest BCUT2D eigenvalue weighted by Gasteiger charge is -2.20. The minimum absolute atomic E-state index is 0.0325. The smallest absolute Gasteiger partial charge is 0.171 e. The monoisotopic (exact) mass is 214 g/mol. The Bertz CT molecular complexity index is 463. The maximum atomic E-state index is 8.84. The van der Waals surface area contributed by atoms with E-state index in [-0.39, 0.29) is 5.57 Å². The van der Waals surface area contributed by atoms with Gasteiger partial charge in [0.05, 0.1) is 0 Å². The molecular formula is C13H14N2O. The largest absolute Gasteiger partial charge is 0.481 e. The van der Waals surface area contributed by atoms with Crippen molar-refractivity contribution >= 4 is 0 Å². The molecule has 0 aliphatic carbocycles. The number of hydrogen-bond acceptors (Lipinski definition) is 3. The summed E-state index contributed by atoms with van der Waals surface area (Å²) in [6, 6.07) is 3.72. The van der Waals surface area contributed by atoms with Crippen LogP contribution in [0.15, 0.2) is 34.6 Å². The Morgan fingerprint density at radius 1 is 1.31 bits per heavy atom. The highest BCUT2D eigenvalue weighted by atomic mass is 16.5. The molecule has 0 bridgehead atoms. The number of ether oxygens (including phenoxy) is 1. The van der Waals surface area contributed by atoms with E-state index in [9.17, 15) is 0 Å². The Morgan fingerprint density at radius 3 is 2.31 bits per heavy atom. The Kier molecular flexibility index (Phi) is 3.20. The number of nitriles is 2. The topological polar surface area (TPSA) is 56.8 Å². The van der Waals surface area contributed by atoms with Crippen molar-refractivity contribution in [2.24, 2.45) is 0 Å². The maximum Gasteiger partial charge on any atom is 0.171 e. The molecule has 0 N–H and O–H groups in total. The molecule has 1 rings (SSSR count). The van der Waals surface area contributed by atoms with Crippen molar-refractivity contribution in [2.75, 3.05) is 0 Å². The normalized spacial score (nSPS) is 18.2. The van der Waals surface area contributed by atoms with Crippen molar-refractivity contribution in [2.45, 2.75) is 33.3 Å². The summed E-state index contributed by atoms with van der Waals surface area (Å²) in [5.41, 5.74) is 1.42. The van der Waals surface area contributed by atoms with Crippen LogP contribution in [0.5, 0.6) is 0 Å². The van der Waals surface area contributed by atoms with Gasteiger partial charge in [-0.2, -0.15) is 10.5 Å². The third-order valence-corrected chi connectivity index (χ3v) is 2.53. The van der Waals surface area contributed by atoms with Gasteiger partial charge in [0.15, 0.2) is 11.3 Å². The molecule has 0 saturated heterocycles. The zero-order valence-electron chi connectivity index (χ0n) is 9.96. The predicted octanol–water partition coefficient (Wildman–Crippen LogP) is 2.99. The summed E-state index contributed by atoms with van der Waals surface area (Å²) in [5.74, 6) is 0.406. The van der Waals surface area contributed by atoms with Gasteiger partial charge in [0.1, 0.15) is 17.7 Å². The van der Waals surface area contributed by atoms with E-state index in [2.05, 4.69) is 0 Å². The van der Waals surface area contributed by atoms with Crippen LogP contribution < -0.4 is 0 Å². The number of rotatable bonds is 1. The van der Waals surface area contributed by atoms with Crippen LogP contribution in [0.25, 0.3) is 0 Å². The first kappa shape index (κ1) is 12.1. The summed E-state index contributed by atoms with van der Waals surface area (Å²) >= 11 is 0. The summed E-state index contributed by atoms with van der Waals surface area (Å²) in [6.45, 7) is 7.64. The van der Waals surface area contributed by atoms with Crippen LogP contribution in [0.1, 0.15) is 27.7 Å². The summed E-state index contributed by atoms with van der Waals surface area (Å²) < 4.78 is 5.68. The number of nitrogens with zero attached hydrogens (tertiary/aromatic N) is 2. The summed E-state index contributed by atoms with van der Waals surface area (Å²) in [7, 11) is 0. The second-order valence-electron chi connectivity index (χ2n) is 4.08. The molecule has 3 heteroatoms. The van der Waals surface area contributed by atoms with Gasteiger partial charge >= 0.3 is 0 Å². The van der Waals surface area contributed by atoms with Crippen molar-refractivity contribution in [3.8, 4) is 12.1 Å². The standard InChI is InChI=1S/C13H14N2O/c1-5-6-11-9(2)12(10(7-14)8-15)16-13(11,3)4/h5-6H,1-4H3/b6-5+. The summed E-state index contributed by atoms with van der Waals surface area (Å²) in [5, 5.41) is 17.7. The van der Waals surface area contributed by atoms with Gasteiger partial charge in [0, 0.05) is 11.1 Å². The van der Waals surface area contributed by atoms with Crippen molar-refractivity contribution in [1.29, 1.82) is 10.5 Å². The number of hydrogen-bond donors (Lipinski definition) is 0. The minimum atomic E-state index is -0.481. The van der Waals surface area contributed by atoms with Crippen molar-refractivity contribution in [1.82, 2.24) is 0 Å². The summed E-state index contributed by atoms with van der Waals surface area (Å²) in [4.78, 5) is 0. The van der Waals surface area contributed by atoms with Crippen LogP contribution in [-0.2, 0) is 4.74 Å². The third kappa shape index (κ3) is 1.85. The molecule has 0 aromatic rings. The SMILES string of the molecule is C/C=C/C1=C(C)C(=C(C#N)C#N)OC1(C)C. The zero-order chi connectivity index (χ0) is 12.3. The average Bonchev–Trinajstić information content (AvgIpc) is 2.44. The average molecular weight is 214 g/mol. The molecule has 0 radical (unpaired) electrons. The lowest BCUT2D eigenvalue weighted by molar-refractivity contribution is 0.0951. The second kappa shape index (κ2) is 4.24. The molecule has 0 unspecified atom stereocenters. The first-order chi connectivity index (χ1) is 7.47. The summed E-state index contributed by atoms with van der Waals surface area (Å²) in [6.07, 6.45) is 3.88. The number of allylic oxidation sites excluding steroid dienone is 3. The van der Waals surface area contributed by atoms with E-state index in [0.717, 1.165) is 11.1 Å². The van der Waals surface area contributed by atoms with Gasteiger partial charge in [-0.1, -0.05) is 12.2 Å². The van der Waals surface area contributed by atoms with Crippen LogP contribution in [0.2, 0.25) is 0 Å². The minimum Gasteiger partial charge on any atom is -0.481 e. The van der Waals surface area contributed by atoms with Crippen molar-refractivity contribution < 1.29 is 4.74 Å². The van der Waals surface area contributed by atoms with E-state index >= 15 is 0 Å². The van der Waals surface area contributed by atoms with Crippen LogP contribution in [-0.4, -0.2) is 5.60 Å². The first-order valence-corrected chi connectivity index (χ1v) is 5.05. The Labute approximate surface area is 95.9 Å². The second-order valence-corrected chi connectivity index (χ2v) is 4.08. The van der Waals surface area contributed by atoms with E-state index in [1.54, 1.807) is 0 Å². The fraction of sp³-hybridized carbons (Fsp3) is 0.385. The molecule has 3 nitrogen and oxygen atoms in total. The van der Waals surface area contributed by atoms with E-state index < -0.39 is 5.60 Å². The van der Waals surface area contributed by atoms with Gasteiger partial charge in [-0.25, -0.2) is 0 Å². The fourth-order valence-electron chi connectivity index (χ4n) is 1.82. The Hall–Kier alpha value is -2.00. The molecule has 1 aliphatic heterocycles. The fourth-order valence-corrected chi connectivity index (χ4v) is 1.82. The van der Waals surface area contributed by atoms with Crippen LogP contribution in [0.4, 0.5) is 0 Å². The van der Waals surface area contributed by atoms with Crippen molar-refractivity contribution in [3.63, 3.8) is 0 Å². The highest BCUT2D eigenvalue weighted by molar-refractivity contribution is 5.53. The lowest BCUT2D eigenvalue weighted by Crippen LogP contribution is -2.20. The van der Waals surface area contributed by atoms with Crippen molar-refractivity contribution in [3.05, 3.63) is 34.6 Å².